The fraction of sp³-hybridized carbons (Fsp3) is 0.353. The first-order valence-corrected chi connectivity index (χ1v) is 10.4. The summed E-state index contributed by atoms with van der Waals surface area (Å²) in [6, 6.07) is 10.5. The Morgan fingerprint density at radius 3 is 2.52 bits per heavy atom. The summed E-state index contributed by atoms with van der Waals surface area (Å²) in [5.41, 5.74) is 0.979. The lowest BCUT2D eigenvalue weighted by molar-refractivity contribution is 0.0730. The third-order valence-electron chi connectivity index (χ3n) is 3.98. The van der Waals surface area contributed by atoms with Crippen LogP contribution >= 0.6 is 11.3 Å². The predicted octanol–water partition coefficient (Wildman–Crippen LogP) is 1.74. The van der Waals surface area contributed by atoms with Crippen LogP contribution in [-0.2, 0) is 21.2 Å². The van der Waals surface area contributed by atoms with Crippen LogP contribution in [0.25, 0.3) is 0 Å². The van der Waals surface area contributed by atoms with Crippen molar-refractivity contribution in [2.75, 3.05) is 32.8 Å². The number of carbonyl (C=O) groups is 1. The van der Waals surface area contributed by atoms with Gasteiger partial charge in [0.1, 0.15) is 0 Å². The molecule has 1 saturated heterocycles. The summed E-state index contributed by atoms with van der Waals surface area (Å²) in [5.74, 6) is -0.0819. The second-order valence-corrected chi connectivity index (χ2v) is 8.53. The number of rotatable bonds is 6. The maximum atomic E-state index is 12.5. The van der Waals surface area contributed by atoms with Crippen molar-refractivity contribution in [3.05, 3.63) is 52.2 Å². The summed E-state index contributed by atoms with van der Waals surface area (Å²) < 4.78 is 31.7. The molecule has 6 nitrogen and oxygen atoms in total. The highest BCUT2D eigenvalue weighted by molar-refractivity contribution is 7.89. The van der Waals surface area contributed by atoms with Crippen LogP contribution in [-0.4, -0.2) is 51.5 Å². The van der Waals surface area contributed by atoms with Gasteiger partial charge in [0.25, 0.3) is 5.91 Å². The summed E-state index contributed by atoms with van der Waals surface area (Å²) >= 11 is 1.40. The number of morpholine rings is 1. The maximum absolute atomic E-state index is 12.5. The Hall–Kier alpha value is -1.74. The van der Waals surface area contributed by atoms with Crippen molar-refractivity contribution >= 4 is 27.3 Å². The first-order chi connectivity index (χ1) is 12.1. The van der Waals surface area contributed by atoms with Crippen molar-refractivity contribution < 1.29 is 17.9 Å². The van der Waals surface area contributed by atoms with Gasteiger partial charge in [0.15, 0.2) is 0 Å². The molecular weight excluding hydrogens is 360 g/mol. The zero-order valence-corrected chi connectivity index (χ0v) is 15.3. The Morgan fingerprint density at radius 2 is 1.88 bits per heavy atom. The van der Waals surface area contributed by atoms with E-state index >= 15 is 0 Å². The first-order valence-electron chi connectivity index (χ1n) is 8.06. The number of sulfonamides is 1. The average molecular weight is 380 g/mol. The lowest BCUT2D eigenvalue weighted by Crippen LogP contribution is -2.40. The number of hydrogen-bond donors (Lipinski definition) is 1. The van der Waals surface area contributed by atoms with Gasteiger partial charge in [0.2, 0.25) is 10.0 Å². The highest BCUT2D eigenvalue weighted by atomic mass is 32.2. The molecule has 1 aromatic carbocycles. The van der Waals surface area contributed by atoms with Crippen LogP contribution in [0.4, 0.5) is 0 Å². The minimum Gasteiger partial charge on any atom is -0.379 e. The highest BCUT2D eigenvalue weighted by Gasteiger charge is 2.25. The molecule has 134 valence electrons. The van der Waals surface area contributed by atoms with Crippen molar-refractivity contribution in [2.24, 2.45) is 0 Å². The monoisotopic (exact) mass is 380 g/mol. The van der Waals surface area contributed by atoms with Crippen LogP contribution in [0.5, 0.6) is 0 Å². The number of nitrogens with zero attached hydrogens (tertiary/aromatic N) is 1. The molecule has 0 bridgehead atoms. The Bertz CT molecular complexity index is 796. The second-order valence-electron chi connectivity index (χ2n) is 5.64. The number of hydrogen-bond acceptors (Lipinski definition) is 5. The van der Waals surface area contributed by atoms with E-state index in [1.807, 2.05) is 11.4 Å². The van der Waals surface area contributed by atoms with Crippen LogP contribution in [0.1, 0.15) is 15.2 Å². The molecule has 25 heavy (non-hydrogen) atoms. The van der Waals surface area contributed by atoms with E-state index in [9.17, 15) is 13.2 Å². The minimum absolute atomic E-state index is 0.0819. The van der Waals surface area contributed by atoms with E-state index in [1.165, 1.54) is 15.6 Å². The van der Waals surface area contributed by atoms with Crippen LogP contribution < -0.4 is 5.32 Å². The smallest absolute Gasteiger partial charge is 0.261 e. The van der Waals surface area contributed by atoms with Crippen molar-refractivity contribution in [1.82, 2.24) is 9.62 Å². The van der Waals surface area contributed by atoms with Crippen LogP contribution in [0.15, 0.2) is 46.7 Å². The minimum atomic E-state index is -3.46. The Balaban J connectivity index is 1.56. The van der Waals surface area contributed by atoms with E-state index in [4.69, 9.17) is 4.74 Å². The number of carbonyl (C=O) groups excluding carboxylic acids is 1. The summed E-state index contributed by atoms with van der Waals surface area (Å²) in [7, 11) is -3.46. The second kappa shape index (κ2) is 8.09. The topological polar surface area (TPSA) is 75.7 Å². The summed E-state index contributed by atoms with van der Waals surface area (Å²) in [6.07, 6.45) is 0.648. The molecule has 2 aromatic rings. The third kappa shape index (κ3) is 4.46. The summed E-state index contributed by atoms with van der Waals surface area (Å²) in [4.78, 5) is 12.8. The van der Waals surface area contributed by atoms with Crippen molar-refractivity contribution in [1.29, 1.82) is 0 Å². The molecule has 1 fully saturated rings. The molecule has 0 aliphatic carbocycles. The molecule has 0 unspecified atom stereocenters. The fourth-order valence-electron chi connectivity index (χ4n) is 2.58. The molecular formula is C17H20N2O4S2. The van der Waals surface area contributed by atoms with E-state index in [1.54, 1.807) is 30.3 Å². The molecule has 2 heterocycles. The molecule has 0 radical (unpaired) electrons. The van der Waals surface area contributed by atoms with Crippen molar-refractivity contribution in [2.45, 2.75) is 11.3 Å². The molecule has 1 aliphatic heterocycles. The van der Waals surface area contributed by atoms with Crippen LogP contribution in [0, 0.1) is 0 Å². The summed E-state index contributed by atoms with van der Waals surface area (Å²) in [6.45, 7) is 2.15. The molecule has 1 aliphatic rings. The normalized spacial score (nSPS) is 15.8. The maximum Gasteiger partial charge on any atom is 0.261 e. The first kappa shape index (κ1) is 18.1. The van der Waals surface area contributed by atoms with Gasteiger partial charge in [-0.1, -0.05) is 18.2 Å². The van der Waals surface area contributed by atoms with Gasteiger partial charge in [-0.15, -0.1) is 11.3 Å². The third-order valence-corrected chi connectivity index (χ3v) is 6.76. The zero-order chi connectivity index (χ0) is 17.7. The van der Waals surface area contributed by atoms with Gasteiger partial charge in [-0.2, -0.15) is 4.31 Å². The molecule has 0 saturated carbocycles. The van der Waals surface area contributed by atoms with E-state index in [2.05, 4.69) is 5.32 Å². The molecule has 8 heteroatoms. The molecule has 0 spiro atoms. The fourth-order valence-corrected chi connectivity index (χ4v) is 4.63. The Morgan fingerprint density at radius 1 is 1.16 bits per heavy atom. The predicted molar refractivity (Wildman–Crippen MR) is 96.4 cm³/mol. The quantitative estimate of drug-likeness (QED) is 0.828. The molecule has 1 aromatic heterocycles. The summed E-state index contributed by atoms with van der Waals surface area (Å²) in [5, 5.41) is 4.72. The van der Waals surface area contributed by atoms with Crippen LogP contribution in [0.3, 0.4) is 0 Å². The Kier molecular flexibility index (Phi) is 5.85. The molecule has 1 amide bonds. The van der Waals surface area contributed by atoms with Crippen molar-refractivity contribution in [3.63, 3.8) is 0 Å². The van der Waals surface area contributed by atoms with E-state index < -0.39 is 10.0 Å². The Labute approximate surface area is 151 Å². The van der Waals surface area contributed by atoms with E-state index in [0.717, 1.165) is 5.56 Å². The van der Waals surface area contributed by atoms with Crippen molar-refractivity contribution in [3.8, 4) is 0 Å². The van der Waals surface area contributed by atoms with Gasteiger partial charge in [0, 0.05) is 19.6 Å². The van der Waals surface area contributed by atoms with Gasteiger partial charge >= 0.3 is 0 Å². The number of nitrogens with one attached hydrogen (secondary N) is 1. The lowest BCUT2D eigenvalue weighted by atomic mass is 10.1. The van der Waals surface area contributed by atoms with Crippen LogP contribution in [0.2, 0.25) is 0 Å². The zero-order valence-electron chi connectivity index (χ0n) is 13.7. The number of ether oxygens (including phenoxy) is 1. The lowest BCUT2D eigenvalue weighted by Gasteiger charge is -2.26. The van der Waals surface area contributed by atoms with E-state index in [-0.39, 0.29) is 5.91 Å². The standard InChI is InChI=1S/C17H20N2O4S2/c20-17(16-2-1-13-24-16)18-8-7-14-3-5-15(6-4-14)25(21,22)19-9-11-23-12-10-19/h1-6,13H,7-12H2,(H,18,20). The van der Waals surface area contributed by atoms with E-state index in [0.29, 0.717) is 49.0 Å². The SMILES string of the molecule is O=C(NCCc1ccc(S(=O)(=O)N2CCOCC2)cc1)c1cccs1. The largest absolute Gasteiger partial charge is 0.379 e. The number of amides is 1. The molecule has 0 atom stereocenters. The van der Waals surface area contributed by atoms with Gasteiger partial charge in [0.05, 0.1) is 23.0 Å². The molecule has 3 rings (SSSR count). The van der Waals surface area contributed by atoms with Gasteiger partial charge in [-0.05, 0) is 35.6 Å². The number of benzene rings is 1. The number of thiophene rings is 1. The van der Waals surface area contributed by atoms with Gasteiger partial charge < -0.3 is 10.1 Å². The van der Waals surface area contributed by atoms with Gasteiger partial charge in [-0.25, -0.2) is 8.42 Å². The molecule has 1 N–H and O–H groups in total. The highest BCUT2D eigenvalue weighted by Crippen LogP contribution is 2.18. The average Bonchev–Trinajstić information content (AvgIpc) is 3.18. The van der Waals surface area contributed by atoms with Gasteiger partial charge in [-0.3, -0.25) is 4.79 Å².